The molecule has 1 aromatic carbocycles. The van der Waals surface area contributed by atoms with E-state index in [9.17, 15) is 0 Å². The van der Waals surface area contributed by atoms with Gasteiger partial charge in [-0.1, -0.05) is 24.3 Å². The van der Waals surface area contributed by atoms with Gasteiger partial charge in [0.25, 0.3) is 0 Å². The van der Waals surface area contributed by atoms with Crippen molar-refractivity contribution in [2.45, 2.75) is 31.7 Å². The topological polar surface area (TPSA) is 3.24 Å². The van der Waals surface area contributed by atoms with Crippen molar-refractivity contribution in [2.24, 2.45) is 0 Å². The fourth-order valence-corrected chi connectivity index (χ4v) is 2.94. The van der Waals surface area contributed by atoms with Gasteiger partial charge in [-0.2, -0.15) is 0 Å². The molecule has 0 saturated carbocycles. The highest BCUT2D eigenvalue weighted by molar-refractivity contribution is 5.29. The average molecular weight is 187 g/mol. The smallest absolute Gasteiger partial charge is 0.0136 e. The summed E-state index contributed by atoms with van der Waals surface area (Å²) in [7, 11) is 0. The van der Waals surface area contributed by atoms with E-state index in [1.54, 1.807) is 11.1 Å². The van der Waals surface area contributed by atoms with Crippen LogP contribution in [0.25, 0.3) is 0 Å². The summed E-state index contributed by atoms with van der Waals surface area (Å²) in [5, 5.41) is 0. The molecule has 0 spiro atoms. The average Bonchev–Trinajstić information content (AvgIpc) is 2.58. The van der Waals surface area contributed by atoms with Gasteiger partial charge in [-0.05, 0) is 43.4 Å². The molecule has 1 atom stereocenters. The molecule has 2 aliphatic rings. The molecule has 0 aromatic heterocycles. The van der Waals surface area contributed by atoms with E-state index in [2.05, 4.69) is 29.2 Å². The number of hydrogen-bond acceptors (Lipinski definition) is 1. The predicted molar refractivity (Wildman–Crippen MR) is 58.4 cm³/mol. The van der Waals surface area contributed by atoms with Crippen LogP contribution in [0.3, 0.4) is 0 Å². The second kappa shape index (κ2) is 3.39. The standard InChI is InChI=1S/C13H17N/c1-2-5-12-10-13-6-3-8-14(13)9-7-11(12)4-1/h1-2,4-5,13H,3,6-10H2. The highest BCUT2D eigenvalue weighted by atomic mass is 15.2. The fourth-order valence-electron chi connectivity index (χ4n) is 2.94. The Labute approximate surface area is 85.7 Å². The van der Waals surface area contributed by atoms with Gasteiger partial charge in [-0.3, -0.25) is 4.90 Å². The van der Waals surface area contributed by atoms with Gasteiger partial charge in [0.2, 0.25) is 0 Å². The molecule has 0 bridgehead atoms. The van der Waals surface area contributed by atoms with Gasteiger partial charge in [-0.15, -0.1) is 0 Å². The van der Waals surface area contributed by atoms with Crippen molar-refractivity contribution in [1.29, 1.82) is 0 Å². The van der Waals surface area contributed by atoms with Crippen LogP contribution in [0.5, 0.6) is 0 Å². The molecule has 1 aromatic rings. The zero-order chi connectivity index (χ0) is 9.38. The summed E-state index contributed by atoms with van der Waals surface area (Å²) in [5.41, 5.74) is 3.18. The van der Waals surface area contributed by atoms with E-state index >= 15 is 0 Å². The lowest BCUT2D eigenvalue weighted by Gasteiger charge is -2.20. The predicted octanol–water partition coefficient (Wildman–Crippen LogP) is 2.25. The Bertz CT molecular complexity index is 332. The first-order valence-corrected chi connectivity index (χ1v) is 5.74. The van der Waals surface area contributed by atoms with Crippen LogP contribution in [0.1, 0.15) is 24.0 Å². The van der Waals surface area contributed by atoms with Crippen LogP contribution in [0.4, 0.5) is 0 Å². The van der Waals surface area contributed by atoms with Gasteiger partial charge >= 0.3 is 0 Å². The summed E-state index contributed by atoms with van der Waals surface area (Å²) in [5.74, 6) is 0. The molecule has 0 radical (unpaired) electrons. The largest absolute Gasteiger partial charge is 0.300 e. The van der Waals surface area contributed by atoms with Gasteiger partial charge in [0.1, 0.15) is 0 Å². The highest BCUT2D eigenvalue weighted by Gasteiger charge is 2.27. The quantitative estimate of drug-likeness (QED) is 0.602. The summed E-state index contributed by atoms with van der Waals surface area (Å²) in [4.78, 5) is 2.68. The third-order valence-corrected chi connectivity index (χ3v) is 3.74. The van der Waals surface area contributed by atoms with E-state index in [0.29, 0.717) is 0 Å². The van der Waals surface area contributed by atoms with E-state index < -0.39 is 0 Å². The van der Waals surface area contributed by atoms with Crippen molar-refractivity contribution in [3.05, 3.63) is 35.4 Å². The normalized spacial score (nSPS) is 26.7. The zero-order valence-electron chi connectivity index (χ0n) is 8.58. The maximum atomic E-state index is 2.68. The van der Waals surface area contributed by atoms with Gasteiger partial charge < -0.3 is 0 Å². The van der Waals surface area contributed by atoms with Crippen LogP contribution in [-0.2, 0) is 12.8 Å². The van der Waals surface area contributed by atoms with Crippen LogP contribution in [0.2, 0.25) is 0 Å². The third kappa shape index (κ3) is 1.36. The summed E-state index contributed by atoms with van der Waals surface area (Å²) < 4.78 is 0. The lowest BCUT2D eigenvalue weighted by atomic mass is 9.99. The first-order chi connectivity index (χ1) is 6.93. The number of nitrogens with zero attached hydrogens (tertiary/aromatic N) is 1. The van der Waals surface area contributed by atoms with Crippen molar-refractivity contribution in [3.8, 4) is 0 Å². The lowest BCUT2D eigenvalue weighted by molar-refractivity contribution is 0.264. The fraction of sp³-hybridized carbons (Fsp3) is 0.538. The second-order valence-electron chi connectivity index (χ2n) is 4.55. The summed E-state index contributed by atoms with van der Waals surface area (Å²) in [6, 6.07) is 9.83. The molecule has 3 rings (SSSR count). The first-order valence-electron chi connectivity index (χ1n) is 5.74. The van der Waals surface area contributed by atoms with Crippen LogP contribution in [-0.4, -0.2) is 24.0 Å². The summed E-state index contributed by atoms with van der Waals surface area (Å²) >= 11 is 0. The molecule has 1 nitrogen and oxygen atoms in total. The minimum Gasteiger partial charge on any atom is -0.300 e. The minimum absolute atomic E-state index is 0.846. The lowest BCUT2D eigenvalue weighted by Crippen LogP contribution is -2.30. The minimum atomic E-state index is 0.846. The summed E-state index contributed by atoms with van der Waals surface area (Å²) in [6.45, 7) is 2.61. The van der Waals surface area contributed by atoms with Crippen molar-refractivity contribution in [2.75, 3.05) is 13.1 Å². The second-order valence-corrected chi connectivity index (χ2v) is 4.55. The SMILES string of the molecule is c1ccc2c(c1)CCN1CCCC1C2. The van der Waals surface area contributed by atoms with Crippen LogP contribution >= 0.6 is 0 Å². The Hall–Kier alpha value is -0.820. The van der Waals surface area contributed by atoms with Crippen molar-refractivity contribution >= 4 is 0 Å². The van der Waals surface area contributed by atoms with E-state index in [1.807, 2.05) is 0 Å². The van der Waals surface area contributed by atoms with Crippen molar-refractivity contribution in [3.63, 3.8) is 0 Å². The Morgan fingerprint density at radius 3 is 2.86 bits per heavy atom. The Balaban J connectivity index is 1.93. The number of hydrogen-bond donors (Lipinski definition) is 0. The van der Waals surface area contributed by atoms with Crippen LogP contribution in [0, 0.1) is 0 Å². The van der Waals surface area contributed by atoms with Gasteiger partial charge in [-0.25, -0.2) is 0 Å². The van der Waals surface area contributed by atoms with Gasteiger partial charge in [0, 0.05) is 12.6 Å². The third-order valence-electron chi connectivity index (χ3n) is 3.74. The van der Waals surface area contributed by atoms with Crippen LogP contribution < -0.4 is 0 Å². The number of rotatable bonds is 0. The number of fused-ring (bicyclic) bond motifs is 2. The molecule has 0 amide bonds. The molecule has 0 aliphatic carbocycles. The van der Waals surface area contributed by atoms with Gasteiger partial charge in [0.15, 0.2) is 0 Å². The molecule has 1 saturated heterocycles. The molecule has 1 unspecified atom stereocenters. The van der Waals surface area contributed by atoms with E-state index in [1.165, 1.54) is 38.8 Å². The van der Waals surface area contributed by atoms with Crippen molar-refractivity contribution in [1.82, 2.24) is 4.90 Å². The molecule has 14 heavy (non-hydrogen) atoms. The Morgan fingerprint density at radius 2 is 1.93 bits per heavy atom. The van der Waals surface area contributed by atoms with Crippen molar-refractivity contribution < 1.29 is 0 Å². The zero-order valence-corrected chi connectivity index (χ0v) is 8.58. The monoisotopic (exact) mass is 187 g/mol. The molecule has 1 heteroatoms. The van der Waals surface area contributed by atoms with E-state index in [4.69, 9.17) is 0 Å². The number of benzene rings is 1. The maximum Gasteiger partial charge on any atom is 0.0136 e. The van der Waals surface area contributed by atoms with Crippen LogP contribution in [0.15, 0.2) is 24.3 Å². The molecular formula is C13H17N. The molecule has 74 valence electrons. The van der Waals surface area contributed by atoms with E-state index in [-0.39, 0.29) is 0 Å². The summed E-state index contributed by atoms with van der Waals surface area (Å²) in [6.07, 6.45) is 5.37. The Kier molecular flexibility index (Phi) is 2.06. The molecule has 2 aliphatic heterocycles. The van der Waals surface area contributed by atoms with Gasteiger partial charge in [0.05, 0.1) is 0 Å². The molecule has 0 N–H and O–H groups in total. The maximum absolute atomic E-state index is 2.68. The first kappa shape index (κ1) is 8.49. The van der Waals surface area contributed by atoms with E-state index in [0.717, 1.165) is 6.04 Å². The molecular weight excluding hydrogens is 170 g/mol. The highest BCUT2D eigenvalue weighted by Crippen LogP contribution is 2.26. The Morgan fingerprint density at radius 1 is 1.07 bits per heavy atom. The molecule has 2 heterocycles. The molecule has 1 fully saturated rings.